The van der Waals surface area contributed by atoms with E-state index in [0.29, 0.717) is 16.9 Å². The smallest absolute Gasteiger partial charge is 0.230 e. The van der Waals surface area contributed by atoms with Crippen LogP contribution in [0.1, 0.15) is 24.1 Å². The lowest BCUT2D eigenvalue weighted by molar-refractivity contribution is -0.115. The maximum absolute atomic E-state index is 12.2. The normalized spacial score (nSPS) is 18.9. The lowest BCUT2D eigenvalue weighted by Gasteiger charge is -2.20. The third kappa shape index (κ3) is 6.29. The van der Waals surface area contributed by atoms with Gasteiger partial charge in [0, 0.05) is 23.2 Å². The first-order valence-corrected chi connectivity index (χ1v) is 11.6. The van der Waals surface area contributed by atoms with Crippen molar-refractivity contribution in [2.24, 2.45) is 0 Å². The Hall–Kier alpha value is -2.94. The molecule has 1 fully saturated rings. The quantitative estimate of drug-likeness (QED) is 0.397. The number of carbonyl (C=O) groups is 1. The van der Waals surface area contributed by atoms with E-state index in [1.54, 1.807) is 5.38 Å². The average Bonchev–Trinajstić information content (AvgIpc) is 3.43. The number of amides is 1. The predicted molar refractivity (Wildman–Crippen MR) is 127 cm³/mol. The lowest BCUT2D eigenvalue weighted by Crippen LogP contribution is -2.42. The van der Waals surface area contributed by atoms with Gasteiger partial charge in [0.1, 0.15) is 18.5 Å². The Morgan fingerprint density at radius 1 is 1.22 bits per heavy atom. The molecule has 1 saturated heterocycles. The van der Waals surface area contributed by atoms with Crippen molar-refractivity contribution in [1.29, 1.82) is 0 Å². The Kier molecular flexibility index (Phi) is 7.36. The number of nitrogens with two attached hydrogens (primary N) is 1. The standard InChI is InChI=1S/C24H28N4O3S/c25-24-28-19(15-32-24)13-23(30)27-17-8-6-16(7-9-17)12-18-10-11-21(26-18)22(29)14-31-20-4-2-1-3-5-20/h1-9,15,18,21-22,26,29H,10-14H2,(H2,25,28)(H,27,30)/t18-,21-,22-/m1/s1. The zero-order chi connectivity index (χ0) is 22.3. The molecule has 3 aromatic rings. The summed E-state index contributed by atoms with van der Waals surface area (Å²) in [7, 11) is 0. The van der Waals surface area contributed by atoms with Crippen molar-refractivity contribution in [2.75, 3.05) is 17.7 Å². The van der Waals surface area contributed by atoms with Crippen LogP contribution in [0.25, 0.3) is 0 Å². The van der Waals surface area contributed by atoms with Crippen molar-refractivity contribution in [2.45, 2.75) is 43.9 Å². The van der Waals surface area contributed by atoms with Gasteiger partial charge in [0.25, 0.3) is 0 Å². The first kappa shape index (κ1) is 22.3. The van der Waals surface area contributed by atoms with Crippen LogP contribution in [0.3, 0.4) is 0 Å². The van der Waals surface area contributed by atoms with Crippen LogP contribution in [-0.4, -0.2) is 40.8 Å². The molecule has 32 heavy (non-hydrogen) atoms. The highest BCUT2D eigenvalue weighted by Crippen LogP contribution is 2.21. The van der Waals surface area contributed by atoms with Crippen LogP contribution < -0.4 is 21.1 Å². The molecule has 0 spiro atoms. The molecule has 1 amide bonds. The number of para-hydroxylation sites is 1. The zero-order valence-electron chi connectivity index (χ0n) is 17.7. The second kappa shape index (κ2) is 10.6. The Morgan fingerprint density at radius 3 is 2.72 bits per heavy atom. The average molecular weight is 453 g/mol. The topological polar surface area (TPSA) is 110 Å². The van der Waals surface area contributed by atoms with E-state index in [-0.39, 0.29) is 25.0 Å². The van der Waals surface area contributed by atoms with Gasteiger partial charge in [-0.05, 0) is 49.1 Å². The molecule has 1 aliphatic rings. The fourth-order valence-corrected chi connectivity index (χ4v) is 4.47. The monoisotopic (exact) mass is 452 g/mol. The van der Waals surface area contributed by atoms with E-state index < -0.39 is 6.10 Å². The molecule has 0 radical (unpaired) electrons. The van der Waals surface area contributed by atoms with Crippen LogP contribution in [0, 0.1) is 0 Å². The van der Waals surface area contributed by atoms with E-state index in [9.17, 15) is 9.90 Å². The first-order chi connectivity index (χ1) is 15.5. The SMILES string of the molecule is Nc1nc(CC(=O)Nc2ccc(C[C@H]3CC[C@H]([C@H](O)COc4ccccc4)N3)cc2)cs1. The molecule has 5 N–H and O–H groups in total. The van der Waals surface area contributed by atoms with Gasteiger partial charge in [-0.3, -0.25) is 4.79 Å². The number of aliphatic hydroxyl groups excluding tert-OH is 1. The maximum Gasteiger partial charge on any atom is 0.230 e. The van der Waals surface area contributed by atoms with E-state index in [4.69, 9.17) is 10.5 Å². The Morgan fingerprint density at radius 2 is 2.00 bits per heavy atom. The van der Waals surface area contributed by atoms with Crippen molar-refractivity contribution in [1.82, 2.24) is 10.3 Å². The van der Waals surface area contributed by atoms with E-state index in [1.807, 2.05) is 54.6 Å². The summed E-state index contributed by atoms with van der Waals surface area (Å²) in [4.78, 5) is 16.3. The maximum atomic E-state index is 12.2. The summed E-state index contributed by atoms with van der Waals surface area (Å²) < 4.78 is 5.68. The number of hydrogen-bond donors (Lipinski definition) is 4. The minimum Gasteiger partial charge on any atom is -0.491 e. The summed E-state index contributed by atoms with van der Waals surface area (Å²) in [5.41, 5.74) is 8.23. The van der Waals surface area contributed by atoms with Crippen LogP contribution >= 0.6 is 11.3 Å². The van der Waals surface area contributed by atoms with Gasteiger partial charge in [0.15, 0.2) is 5.13 Å². The highest BCUT2D eigenvalue weighted by Gasteiger charge is 2.29. The second-order valence-corrected chi connectivity index (χ2v) is 8.93. The molecule has 2 aromatic carbocycles. The number of ether oxygens (including phenoxy) is 1. The van der Waals surface area contributed by atoms with Gasteiger partial charge in [-0.2, -0.15) is 0 Å². The van der Waals surface area contributed by atoms with Crippen LogP contribution in [-0.2, 0) is 17.6 Å². The van der Waals surface area contributed by atoms with Gasteiger partial charge in [-0.15, -0.1) is 11.3 Å². The summed E-state index contributed by atoms with van der Waals surface area (Å²) in [6, 6.07) is 17.8. The summed E-state index contributed by atoms with van der Waals surface area (Å²) >= 11 is 1.33. The Labute approximate surface area is 191 Å². The van der Waals surface area contributed by atoms with Gasteiger partial charge in [-0.1, -0.05) is 30.3 Å². The molecule has 168 valence electrons. The number of nitrogens with one attached hydrogen (secondary N) is 2. The number of aromatic nitrogens is 1. The number of thiazole rings is 1. The van der Waals surface area contributed by atoms with Crippen molar-refractivity contribution < 1.29 is 14.6 Å². The fraction of sp³-hybridized carbons (Fsp3) is 0.333. The van der Waals surface area contributed by atoms with Gasteiger partial charge in [-0.25, -0.2) is 4.98 Å². The van der Waals surface area contributed by atoms with Crippen LogP contribution in [0.15, 0.2) is 60.0 Å². The summed E-state index contributed by atoms with van der Waals surface area (Å²) in [5.74, 6) is 0.652. The molecule has 0 saturated carbocycles. The van der Waals surface area contributed by atoms with Crippen LogP contribution in [0.4, 0.5) is 10.8 Å². The third-order valence-corrected chi connectivity index (χ3v) is 6.26. The minimum absolute atomic E-state index is 0.0297. The highest BCUT2D eigenvalue weighted by atomic mass is 32.1. The van der Waals surface area contributed by atoms with Gasteiger partial charge in [0.2, 0.25) is 5.91 Å². The number of carbonyl (C=O) groups excluding carboxylic acids is 1. The molecule has 2 heterocycles. The summed E-state index contributed by atoms with van der Waals surface area (Å²) in [6.45, 7) is 0.274. The number of rotatable bonds is 9. The van der Waals surface area contributed by atoms with Crippen LogP contribution in [0.2, 0.25) is 0 Å². The molecular weight excluding hydrogens is 424 g/mol. The predicted octanol–water partition coefficient (Wildman–Crippen LogP) is 3.01. The number of nitrogen functional groups attached to an aromatic ring is 1. The van der Waals surface area contributed by atoms with E-state index in [1.165, 1.54) is 16.9 Å². The number of anilines is 2. The zero-order valence-corrected chi connectivity index (χ0v) is 18.6. The molecule has 1 aromatic heterocycles. The summed E-state index contributed by atoms with van der Waals surface area (Å²) in [6.07, 6.45) is 2.45. The van der Waals surface area contributed by atoms with Crippen LogP contribution in [0.5, 0.6) is 5.75 Å². The van der Waals surface area contributed by atoms with Crippen molar-refractivity contribution in [3.63, 3.8) is 0 Å². The molecule has 0 aliphatic carbocycles. The fourth-order valence-electron chi connectivity index (χ4n) is 3.91. The van der Waals surface area contributed by atoms with Crippen molar-refractivity contribution >= 4 is 28.1 Å². The highest BCUT2D eigenvalue weighted by molar-refractivity contribution is 7.13. The molecule has 3 atom stereocenters. The number of benzene rings is 2. The molecule has 8 heteroatoms. The molecule has 7 nitrogen and oxygen atoms in total. The second-order valence-electron chi connectivity index (χ2n) is 8.04. The molecule has 0 bridgehead atoms. The molecular formula is C24H28N4O3S. The van der Waals surface area contributed by atoms with Gasteiger partial charge >= 0.3 is 0 Å². The van der Waals surface area contributed by atoms with Crippen molar-refractivity contribution in [3.05, 3.63) is 71.2 Å². The summed E-state index contributed by atoms with van der Waals surface area (Å²) in [5, 5.41) is 19.2. The van der Waals surface area contributed by atoms with E-state index in [2.05, 4.69) is 15.6 Å². The van der Waals surface area contributed by atoms with Gasteiger partial charge in [0.05, 0.1) is 12.1 Å². The van der Waals surface area contributed by atoms with Gasteiger partial charge < -0.3 is 26.2 Å². The first-order valence-electron chi connectivity index (χ1n) is 10.8. The lowest BCUT2D eigenvalue weighted by atomic mass is 10.0. The minimum atomic E-state index is -0.550. The Bertz CT molecular complexity index is 1010. The van der Waals surface area contributed by atoms with E-state index in [0.717, 1.165) is 30.7 Å². The number of nitrogens with zero attached hydrogens (tertiary/aromatic N) is 1. The third-order valence-electron chi connectivity index (χ3n) is 5.54. The van der Waals surface area contributed by atoms with E-state index >= 15 is 0 Å². The van der Waals surface area contributed by atoms with Crippen molar-refractivity contribution in [3.8, 4) is 5.75 Å². The largest absolute Gasteiger partial charge is 0.491 e. The number of hydrogen-bond acceptors (Lipinski definition) is 7. The number of aliphatic hydroxyl groups is 1. The molecule has 0 unspecified atom stereocenters. The molecule has 4 rings (SSSR count). The Balaban J connectivity index is 1.21. The molecule has 1 aliphatic heterocycles.